The van der Waals surface area contributed by atoms with Crippen molar-refractivity contribution >= 4 is 23.7 Å². The number of hydrogen-bond acceptors (Lipinski definition) is 4. The van der Waals surface area contributed by atoms with E-state index in [0.717, 1.165) is 0 Å². The normalized spacial score (nSPS) is 17.7. The van der Waals surface area contributed by atoms with Crippen LogP contribution in [0, 0.1) is 11.7 Å². The predicted molar refractivity (Wildman–Crippen MR) is 76.1 cm³/mol. The van der Waals surface area contributed by atoms with E-state index in [9.17, 15) is 14.0 Å². The van der Waals surface area contributed by atoms with Crippen LogP contribution in [-0.2, 0) is 9.59 Å². The third-order valence-corrected chi connectivity index (χ3v) is 3.12. The van der Waals surface area contributed by atoms with Gasteiger partial charge in [-0.15, -0.1) is 0 Å². The first-order valence-corrected chi connectivity index (χ1v) is 6.48. The molecule has 0 saturated carbocycles. The zero-order valence-corrected chi connectivity index (χ0v) is 11.5. The van der Waals surface area contributed by atoms with Crippen LogP contribution in [0.25, 0.3) is 0 Å². The number of carbonyl (C=O) groups is 2. The van der Waals surface area contributed by atoms with Gasteiger partial charge in [0, 0.05) is 17.7 Å². The zero-order chi connectivity index (χ0) is 15.2. The van der Waals surface area contributed by atoms with Gasteiger partial charge in [-0.3, -0.25) is 9.59 Å². The van der Waals surface area contributed by atoms with Crippen LogP contribution in [-0.4, -0.2) is 23.7 Å². The topological polar surface area (TPSA) is 82.9 Å². The Bertz CT molecular complexity index is 613. The summed E-state index contributed by atoms with van der Waals surface area (Å²) in [6.07, 6.45) is 1.74. The first-order chi connectivity index (χ1) is 10.1. The highest BCUT2D eigenvalue weighted by Gasteiger charge is 2.26. The quantitative estimate of drug-likeness (QED) is 0.630. The summed E-state index contributed by atoms with van der Waals surface area (Å²) >= 11 is 0. The molecule has 0 fully saturated rings. The molecule has 1 aliphatic rings. The lowest BCUT2D eigenvalue weighted by molar-refractivity contribution is -0.123. The van der Waals surface area contributed by atoms with E-state index in [4.69, 9.17) is 0 Å². The van der Waals surface area contributed by atoms with Crippen molar-refractivity contribution in [1.29, 1.82) is 0 Å². The first kappa shape index (κ1) is 14.8. The van der Waals surface area contributed by atoms with E-state index in [2.05, 4.69) is 21.1 Å². The Morgan fingerprint density at radius 1 is 1.52 bits per heavy atom. The number of halogens is 1. The molecule has 1 aromatic rings. The van der Waals surface area contributed by atoms with Gasteiger partial charge in [-0.05, 0) is 19.4 Å². The fraction of sp³-hybridized carbons (Fsp3) is 0.286. The molecule has 0 spiro atoms. The third-order valence-electron chi connectivity index (χ3n) is 3.12. The zero-order valence-electron chi connectivity index (χ0n) is 11.5. The molecular formula is C14H15FN4O2. The molecular weight excluding hydrogens is 275 g/mol. The third kappa shape index (κ3) is 3.95. The van der Waals surface area contributed by atoms with Crippen LogP contribution < -0.4 is 10.9 Å². The molecule has 0 saturated heterocycles. The fourth-order valence-electron chi connectivity index (χ4n) is 1.91. The number of rotatable bonds is 5. The maximum Gasteiger partial charge on any atom is 0.248 e. The molecule has 1 aliphatic heterocycles. The van der Waals surface area contributed by atoms with Crippen molar-refractivity contribution in [2.45, 2.75) is 19.8 Å². The van der Waals surface area contributed by atoms with Crippen molar-refractivity contribution in [3.05, 3.63) is 35.6 Å². The smallest absolute Gasteiger partial charge is 0.248 e. The van der Waals surface area contributed by atoms with Crippen LogP contribution in [0.3, 0.4) is 0 Å². The van der Waals surface area contributed by atoms with Gasteiger partial charge in [0.1, 0.15) is 5.82 Å². The number of benzene rings is 1. The number of nitrogens with one attached hydrogen (secondary N) is 2. The van der Waals surface area contributed by atoms with Crippen molar-refractivity contribution in [2.75, 3.05) is 0 Å². The molecule has 0 unspecified atom stereocenters. The molecule has 0 aromatic heterocycles. The van der Waals surface area contributed by atoms with Crippen molar-refractivity contribution in [1.82, 2.24) is 10.9 Å². The molecule has 2 N–H and O–H groups in total. The molecule has 2 amide bonds. The molecule has 110 valence electrons. The number of hydrazone groups is 2. The summed E-state index contributed by atoms with van der Waals surface area (Å²) in [6.45, 7) is 1.73. The van der Waals surface area contributed by atoms with E-state index in [1.165, 1.54) is 12.3 Å². The molecule has 6 nitrogen and oxygen atoms in total. The van der Waals surface area contributed by atoms with E-state index in [-0.39, 0.29) is 29.7 Å². The van der Waals surface area contributed by atoms with E-state index in [1.807, 2.05) is 0 Å². The number of nitrogens with zero attached hydrogens (tertiary/aromatic N) is 2. The molecule has 1 atom stereocenters. The van der Waals surface area contributed by atoms with Crippen LogP contribution in [0.1, 0.15) is 25.3 Å². The van der Waals surface area contributed by atoms with Crippen LogP contribution in [0.2, 0.25) is 0 Å². The minimum absolute atomic E-state index is 0.138. The molecule has 2 rings (SSSR count). The fourth-order valence-corrected chi connectivity index (χ4v) is 1.91. The van der Waals surface area contributed by atoms with Gasteiger partial charge in [0.15, 0.2) is 0 Å². The summed E-state index contributed by atoms with van der Waals surface area (Å²) in [5.74, 6) is -1.32. The molecule has 1 aromatic carbocycles. The standard InChI is InChI=1S/C14H15FN4O2/c1-9-11(14(21)19-17-9)6-7-13(20)18-16-8-10-4-2-3-5-12(10)15/h2-5,8,11H,6-7H2,1H3,(H,18,20)(H,19,21)/b16-8+/t11-/m0/s1. The summed E-state index contributed by atoms with van der Waals surface area (Å²) in [7, 11) is 0. The van der Waals surface area contributed by atoms with E-state index >= 15 is 0 Å². The maximum absolute atomic E-state index is 13.3. The SMILES string of the molecule is CC1=NNC(=O)[C@H]1CCC(=O)N/N=C/c1ccccc1F. The summed E-state index contributed by atoms with van der Waals surface area (Å²) in [5.41, 5.74) is 5.62. The van der Waals surface area contributed by atoms with Gasteiger partial charge in [0.05, 0.1) is 12.1 Å². The average Bonchev–Trinajstić information content (AvgIpc) is 2.78. The maximum atomic E-state index is 13.3. The van der Waals surface area contributed by atoms with Crippen molar-refractivity contribution in [3.8, 4) is 0 Å². The lowest BCUT2D eigenvalue weighted by Gasteiger charge is -2.06. The Morgan fingerprint density at radius 2 is 2.29 bits per heavy atom. The number of hydrogen-bond donors (Lipinski definition) is 2. The summed E-state index contributed by atoms with van der Waals surface area (Å²) in [6, 6.07) is 6.10. The molecule has 1 heterocycles. The minimum atomic E-state index is -0.412. The van der Waals surface area contributed by atoms with Crippen LogP contribution in [0.4, 0.5) is 4.39 Å². The molecule has 7 heteroatoms. The lowest BCUT2D eigenvalue weighted by atomic mass is 9.99. The Balaban J connectivity index is 1.79. The number of amides is 2. The molecule has 21 heavy (non-hydrogen) atoms. The summed E-state index contributed by atoms with van der Waals surface area (Å²) in [5, 5.41) is 7.49. The lowest BCUT2D eigenvalue weighted by Crippen LogP contribution is -2.25. The second-order valence-electron chi connectivity index (χ2n) is 4.64. The number of carbonyl (C=O) groups excluding carboxylic acids is 2. The van der Waals surface area contributed by atoms with Crippen LogP contribution in [0.5, 0.6) is 0 Å². The van der Waals surface area contributed by atoms with Gasteiger partial charge in [-0.25, -0.2) is 15.2 Å². The van der Waals surface area contributed by atoms with Gasteiger partial charge in [-0.1, -0.05) is 18.2 Å². The second kappa shape index (κ2) is 6.74. The van der Waals surface area contributed by atoms with Gasteiger partial charge in [0.25, 0.3) is 0 Å². The summed E-state index contributed by atoms with van der Waals surface area (Å²) in [4.78, 5) is 23.0. The highest BCUT2D eigenvalue weighted by atomic mass is 19.1. The highest BCUT2D eigenvalue weighted by molar-refractivity contribution is 6.07. The Hall–Kier alpha value is -2.57. The van der Waals surface area contributed by atoms with Crippen molar-refractivity contribution in [2.24, 2.45) is 16.1 Å². The van der Waals surface area contributed by atoms with Gasteiger partial charge < -0.3 is 0 Å². The van der Waals surface area contributed by atoms with Gasteiger partial charge >= 0.3 is 0 Å². The van der Waals surface area contributed by atoms with Gasteiger partial charge in [0.2, 0.25) is 11.8 Å². The average molecular weight is 290 g/mol. The monoisotopic (exact) mass is 290 g/mol. The highest BCUT2D eigenvalue weighted by Crippen LogP contribution is 2.13. The van der Waals surface area contributed by atoms with E-state index < -0.39 is 5.82 Å². The predicted octanol–water partition coefficient (Wildman–Crippen LogP) is 1.18. The summed E-state index contributed by atoms with van der Waals surface area (Å²) < 4.78 is 13.3. The van der Waals surface area contributed by atoms with E-state index in [1.54, 1.807) is 25.1 Å². The minimum Gasteiger partial charge on any atom is -0.273 e. The van der Waals surface area contributed by atoms with E-state index in [0.29, 0.717) is 12.1 Å². The Morgan fingerprint density at radius 3 is 2.95 bits per heavy atom. The second-order valence-corrected chi connectivity index (χ2v) is 4.64. The molecule has 0 aliphatic carbocycles. The Labute approximate surface area is 121 Å². The van der Waals surface area contributed by atoms with Gasteiger partial charge in [-0.2, -0.15) is 10.2 Å². The first-order valence-electron chi connectivity index (χ1n) is 6.48. The molecule has 0 radical (unpaired) electrons. The van der Waals surface area contributed by atoms with Crippen molar-refractivity contribution < 1.29 is 14.0 Å². The van der Waals surface area contributed by atoms with Crippen LogP contribution >= 0.6 is 0 Å². The van der Waals surface area contributed by atoms with Crippen LogP contribution in [0.15, 0.2) is 34.5 Å². The molecule has 0 bridgehead atoms. The largest absolute Gasteiger partial charge is 0.273 e. The van der Waals surface area contributed by atoms with Crippen molar-refractivity contribution in [3.63, 3.8) is 0 Å². The Kier molecular flexibility index (Phi) is 4.76.